The molecular weight excluding hydrogens is 266 g/mol. The van der Waals surface area contributed by atoms with Gasteiger partial charge in [0.1, 0.15) is 5.82 Å². The zero-order valence-electron chi connectivity index (χ0n) is 13.3. The predicted molar refractivity (Wildman–Crippen MR) is 85.6 cm³/mol. The summed E-state index contributed by atoms with van der Waals surface area (Å²) >= 11 is 0. The standard InChI is InChI=1S/C16H27N3O2/c1-4-20-10-14(11(2)3)18-15-8-7-13(17)16(19-15)21-9-12-5-6-12/h7-8,11-12,14H,4-6,9-10,17H2,1-3H3,(H,18,19). The lowest BCUT2D eigenvalue weighted by Gasteiger charge is -2.23. The van der Waals surface area contributed by atoms with Crippen LogP contribution in [0.2, 0.25) is 0 Å². The van der Waals surface area contributed by atoms with E-state index in [4.69, 9.17) is 15.2 Å². The van der Waals surface area contributed by atoms with Gasteiger partial charge in [-0.15, -0.1) is 0 Å². The van der Waals surface area contributed by atoms with Crippen LogP contribution in [-0.2, 0) is 4.74 Å². The highest BCUT2D eigenvalue weighted by atomic mass is 16.5. The molecule has 5 nitrogen and oxygen atoms in total. The van der Waals surface area contributed by atoms with Crippen LogP contribution in [0.3, 0.4) is 0 Å². The largest absolute Gasteiger partial charge is 0.476 e. The number of ether oxygens (including phenoxy) is 2. The van der Waals surface area contributed by atoms with Crippen molar-refractivity contribution in [3.63, 3.8) is 0 Å². The number of hydrogen-bond donors (Lipinski definition) is 2. The zero-order valence-corrected chi connectivity index (χ0v) is 13.3. The van der Waals surface area contributed by atoms with Gasteiger partial charge in [-0.1, -0.05) is 13.8 Å². The van der Waals surface area contributed by atoms with Crippen LogP contribution in [0.1, 0.15) is 33.6 Å². The first-order chi connectivity index (χ1) is 10.1. The first-order valence-corrected chi connectivity index (χ1v) is 7.83. The van der Waals surface area contributed by atoms with E-state index in [9.17, 15) is 0 Å². The number of rotatable bonds is 9. The van der Waals surface area contributed by atoms with Crippen LogP contribution in [-0.4, -0.2) is 30.8 Å². The third-order valence-electron chi connectivity index (χ3n) is 3.68. The van der Waals surface area contributed by atoms with E-state index in [1.54, 1.807) is 0 Å². The second kappa shape index (κ2) is 7.50. The summed E-state index contributed by atoms with van der Waals surface area (Å²) in [6.45, 7) is 8.43. The maximum atomic E-state index is 5.93. The highest BCUT2D eigenvalue weighted by Crippen LogP contribution is 2.30. The second-order valence-electron chi connectivity index (χ2n) is 6.00. The van der Waals surface area contributed by atoms with Crippen molar-refractivity contribution in [2.45, 2.75) is 39.7 Å². The molecule has 3 N–H and O–H groups in total. The number of nitrogens with zero attached hydrogens (tertiary/aromatic N) is 1. The van der Waals surface area contributed by atoms with Gasteiger partial charge in [0.15, 0.2) is 0 Å². The summed E-state index contributed by atoms with van der Waals surface area (Å²) in [6.07, 6.45) is 2.50. The maximum absolute atomic E-state index is 5.93. The lowest BCUT2D eigenvalue weighted by molar-refractivity contribution is 0.126. The molecule has 118 valence electrons. The van der Waals surface area contributed by atoms with Gasteiger partial charge in [0.05, 0.1) is 24.9 Å². The van der Waals surface area contributed by atoms with E-state index in [1.807, 2.05) is 19.1 Å². The summed E-state index contributed by atoms with van der Waals surface area (Å²) < 4.78 is 11.2. The monoisotopic (exact) mass is 293 g/mol. The van der Waals surface area contributed by atoms with E-state index in [0.717, 1.165) is 12.4 Å². The van der Waals surface area contributed by atoms with Crippen molar-refractivity contribution in [1.82, 2.24) is 4.98 Å². The summed E-state index contributed by atoms with van der Waals surface area (Å²) in [5.74, 6) is 2.45. The van der Waals surface area contributed by atoms with Crippen LogP contribution in [0.4, 0.5) is 11.5 Å². The maximum Gasteiger partial charge on any atom is 0.239 e. The van der Waals surface area contributed by atoms with Gasteiger partial charge >= 0.3 is 0 Å². The van der Waals surface area contributed by atoms with Crippen LogP contribution in [0, 0.1) is 11.8 Å². The van der Waals surface area contributed by atoms with Crippen molar-refractivity contribution in [2.75, 3.05) is 30.9 Å². The molecule has 1 aliphatic carbocycles. The lowest BCUT2D eigenvalue weighted by Crippen LogP contribution is -2.31. The number of hydrogen-bond acceptors (Lipinski definition) is 5. The summed E-state index contributed by atoms with van der Waals surface area (Å²) in [5, 5.41) is 3.41. The van der Waals surface area contributed by atoms with Gasteiger partial charge < -0.3 is 20.5 Å². The molecule has 0 radical (unpaired) electrons. The fraction of sp³-hybridized carbons (Fsp3) is 0.688. The molecule has 1 atom stereocenters. The Bertz CT molecular complexity index is 447. The average Bonchev–Trinajstić information content (AvgIpc) is 3.27. The predicted octanol–water partition coefficient (Wildman–Crippen LogP) is 2.93. The Balaban J connectivity index is 1.98. The van der Waals surface area contributed by atoms with Gasteiger partial charge in [0, 0.05) is 6.61 Å². The molecule has 1 saturated carbocycles. The minimum Gasteiger partial charge on any atom is -0.476 e. The summed E-state index contributed by atoms with van der Waals surface area (Å²) in [7, 11) is 0. The number of nitrogens with one attached hydrogen (secondary N) is 1. The molecule has 0 spiro atoms. The molecule has 21 heavy (non-hydrogen) atoms. The van der Waals surface area contributed by atoms with Crippen LogP contribution in [0.5, 0.6) is 5.88 Å². The molecule has 0 aromatic carbocycles. The van der Waals surface area contributed by atoms with Crippen LogP contribution in [0.25, 0.3) is 0 Å². The molecule has 0 saturated heterocycles. The van der Waals surface area contributed by atoms with E-state index < -0.39 is 0 Å². The number of anilines is 2. The molecule has 1 fully saturated rings. The number of nitrogens with two attached hydrogens (primary N) is 1. The normalized spacial score (nSPS) is 16.0. The fourth-order valence-electron chi connectivity index (χ4n) is 1.96. The van der Waals surface area contributed by atoms with Gasteiger partial charge in [-0.05, 0) is 43.7 Å². The molecule has 0 bridgehead atoms. The SMILES string of the molecule is CCOCC(Nc1ccc(N)c(OCC2CC2)n1)C(C)C. The van der Waals surface area contributed by atoms with Gasteiger partial charge in [0.25, 0.3) is 0 Å². The first kappa shape index (κ1) is 15.9. The van der Waals surface area contributed by atoms with Crippen LogP contribution in [0.15, 0.2) is 12.1 Å². The van der Waals surface area contributed by atoms with Gasteiger partial charge in [-0.2, -0.15) is 4.98 Å². The molecule has 1 unspecified atom stereocenters. The van der Waals surface area contributed by atoms with Gasteiger partial charge in [0.2, 0.25) is 5.88 Å². The first-order valence-electron chi connectivity index (χ1n) is 7.83. The molecule has 2 rings (SSSR count). The molecule has 5 heteroatoms. The average molecular weight is 293 g/mol. The van der Waals surface area contributed by atoms with Crippen molar-refractivity contribution in [3.05, 3.63) is 12.1 Å². The third-order valence-corrected chi connectivity index (χ3v) is 3.68. The topological polar surface area (TPSA) is 69.4 Å². The Morgan fingerprint density at radius 1 is 1.38 bits per heavy atom. The van der Waals surface area contributed by atoms with E-state index in [1.165, 1.54) is 12.8 Å². The number of aromatic nitrogens is 1. The second-order valence-corrected chi connectivity index (χ2v) is 6.00. The van der Waals surface area contributed by atoms with Crippen LogP contribution < -0.4 is 15.8 Å². The minimum absolute atomic E-state index is 0.220. The Hall–Kier alpha value is -1.49. The molecule has 1 aromatic rings. The van der Waals surface area contributed by atoms with E-state index in [0.29, 0.717) is 36.6 Å². The lowest BCUT2D eigenvalue weighted by atomic mass is 10.1. The highest BCUT2D eigenvalue weighted by molar-refractivity contribution is 5.53. The van der Waals surface area contributed by atoms with Gasteiger partial charge in [-0.25, -0.2) is 0 Å². The Labute approximate surface area is 127 Å². The highest BCUT2D eigenvalue weighted by Gasteiger charge is 2.23. The molecule has 1 aromatic heterocycles. The van der Waals surface area contributed by atoms with Crippen LogP contribution >= 0.6 is 0 Å². The van der Waals surface area contributed by atoms with Crippen molar-refractivity contribution < 1.29 is 9.47 Å². The number of pyridine rings is 1. The summed E-state index contributed by atoms with van der Waals surface area (Å²) in [5.41, 5.74) is 6.52. The Morgan fingerprint density at radius 3 is 2.76 bits per heavy atom. The van der Waals surface area contributed by atoms with Crippen molar-refractivity contribution in [3.8, 4) is 5.88 Å². The minimum atomic E-state index is 0.220. The molecule has 0 amide bonds. The fourth-order valence-corrected chi connectivity index (χ4v) is 1.96. The third kappa shape index (κ3) is 5.08. The summed E-state index contributed by atoms with van der Waals surface area (Å²) in [6, 6.07) is 3.95. The molecule has 0 aliphatic heterocycles. The van der Waals surface area contributed by atoms with Crippen molar-refractivity contribution >= 4 is 11.5 Å². The van der Waals surface area contributed by atoms with E-state index in [2.05, 4.69) is 24.1 Å². The van der Waals surface area contributed by atoms with Crippen molar-refractivity contribution in [2.24, 2.45) is 11.8 Å². The molecule has 1 aliphatic rings. The summed E-state index contributed by atoms with van der Waals surface area (Å²) in [4.78, 5) is 4.49. The quantitative estimate of drug-likeness (QED) is 0.732. The Kier molecular flexibility index (Phi) is 5.67. The Morgan fingerprint density at radius 2 is 2.14 bits per heavy atom. The number of nitrogen functional groups attached to an aromatic ring is 1. The molecular formula is C16H27N3O2. The zero-order chi connectivity index (χ0) is 15.2. The van der Waals surface area contributed by atoms with E-state index >= 15 is 0 Å². The van der Waals surface area contributed by atoms with Crippen molar-refractivity contribution in [1.29, 1.82) is 0 Å². The smallest absolute Gasteiger partial charge is 0.239 e. The van der Waals surface area contributed by atoms with Gasteiger partial charge in [-0.3, -0.25) is 0 Å². The molecule has 1 heterocycles. The van der Waals surface area contributed by atoms with E-state index in [-0.39, 0.29) is 6.04 Å².